The average Bonchev–Trinajstić information content (AvgIpc) is 2.40. The van der Waals surface area contributed by atoms with Gasteiger partial charge in [-0.1, -0.05) is 0 Å². The molecular formula is C12H12F4N2O3S. The molecule has 1 aromatic carbocycles. The van der Waals surface area contributed by atoms with Crippen molar-refractivity contribution in [1.29, 1.82) is 0 Å². The molecule has 1 heterocycles. The largest absolute Gasteiger partial charge is 0.416 e. The van der Waals surface area contributed by atoms with Gasteiger partial charge in [-0.2, -0.15) is 13.2 Å². The van der Waals surface area contributed by atoms with Crippen LogP contribution in [0.5, 0.6) is 0 Å². The molecule has 1 aliphatic heterocycles. The van der Waals surface area contributed by atoms with Crippen LogP contribution in [0, 0.1) is 5.82 Å². The molecule has 10 heteroatoms. The molecule has 0 bridgehead atoms. The van der Waals surface area contributed by atoms with Gasteiger partial charge in [-0.05, 0) is 24.6 Å². The van der Waals surface area contributed by atoms with E-state index in [1.807, 2.05) is 0 Å². The molecule has 22 heavy (non-hydrogen) atoms. The third-order valence-corrected chi connectivity index (χ3v) is 4.67. The summed E-state index contributed by atoms with van der Waals surface area (Å²) >= 11 is 0. The predicted octanol–water partition coefficient (Wildman–Crippen LogP) is 1.40. The second kappa shape index (κ2) is 5.84. The van der Waals surface area contributed by atoms with Crippen molar-refractivity contribution in [2.45, 2.75) is 30.0 Å². The van der Waals surface area contributed by atoms with Crippen molar-refractivity contribution >= 4 is 15.9 Å². The van der Waals surface area contributed by atoms with Gasteiger partial charge in [0.25, 0.3) is 0 Å². The molecule has 2 rings (SSSR count). The van der Waals surface area contributed by atoms with Gasteiger partial charge in [0.2, 0.25) is 15.9 Å². The molecular weight excluding hydrogens is 328 g/mol. The highest BCUT2D eigenvalue weighted by Gasteiger charge is 2.34. The van der Waals surface area contributed by atoms with Crippen LogP contribution < -0.4 is 10.0 Å². The molecule has 2 N–H and O–H groups in total. The van der Waals surface area contributed by atoms with Gasteiger partial charge in [-0.25, -0.2) is 17.5 Å². The minimum Gasteiger partial charge on any atom is -0.355 e. The van der Waals surface area contributed by atoms with Gasteiger partial charge in [0.1, 0.15) is 10.7 Å². The van der Waals surface area contributed by atoms with Crippen molar-refractivity contribution in [2.24, 2.45) is 0 Å². The summed E-state index contributed by atoms with van der Waals surface area (Å²) in [5.41, 5.74) is -1.26. The fourth-order valence-corrected chi connectivity index (χ4v) is 3.38. The van der Waals surface area contributed by atoms with Gasteiger partial charge in [0, 0.05) is 19.0 Å². The molecule has 0 aliphatic carbocycles. The minimum absolute atomic E-state index is 0.00135. The zero-order valence-corrected chi connectivity index (χ0v) is 11.9. The summed E-state index contributed by atoms with van der Waals surface area (Å²) < 4.78 is 77.6. The molecule has 0 radical (unpaired) electrons. The first kappa shape index (κ1) is 16.7. The summed E-state index contributed by atoms with van der Waals surface area (Å²) in [5, 5.41) is 2.42. The number of alkyl halides is 3. The third kappa shape index (κ3) is 3.74. The number of amides is 1. The maximum Gasteiger partial charge on any atom is 0.416 e. The van der Waals surface area contributed by atoms with Gasteiger partial charge < -0.3 is 5.32 Å². The molecule has 122 valence electrons. The number of nitrogens with one attached hydrogen (secondary N) is 2. The Balaban J connectivity index is 2.27. The Hall–Kier alpha value is -1.68. The number of sulfonamides is 1. The van der Waals surface area contributed by atoms with Gasteiger partial charge in [-0.15, -0.1) is 0 Å². The lowest BCUT2D eigenvalue weighted by Gasteiger charge is -2.23. The third-order valence-electron chi connectivity index (χ3n) is 3.14. The monoisotopic (exact) mass is 340 g/mol. The Labute approximate surface area is 123 Å². The van der Waals surface area contributed by atoms with E-state index in [0.29, 0.717) is 12.1 Å². The maximum absolute atomic E-state index is 13.6. The van der Waals surface area contributed by atoms with Crippen molar-refractivity contribution in [1.82, 2.24) is 10.0 Å². The van der Waals surface area contributed by atoms with Crippen LogP contribution in [0.15, 0.2) is 23.1 Å². The molecule has 1 aliphatic rings. The summed E-state index contributed by atoms with van der Waals surface area (Å²) in [4.78, 5) is 9.91. The highest BCUT2D eigenvalue weighted by atomic mass is 32.2. The van der Waals surface area contributed by atoms with E-state index in [4.69, 9.17) is 0 Å². The van der Waals surface area contributed by atoms with Crippen LogP contribution in [0.2, 0.25) is 0 Å². The molecule has 1 saturated heterocycles. The second-order valence-corrected chi connectivity index (χ2v) is 6.49. The normalized spacial score (nSPS) is 19.8. The quantitative estimate of drug-likeness (QED) is 0.817. The first-order chi connectivity index (χ1) is 10.1. The number of carbonyl (C=O) groups excluding carboxylic acids is 1. The lowest BCUT2D eigenvalue weighted by Crippen LogP contribution is -2.47. The van der Waals surface area contributed by atoms with Crippen LogP contribution in [-0.4, -0.2) is 26.9 Å². The topological polar surface area (TPSA) is 75.3 Å². The summed E-state index contributed by atoms with van der Waals surface area (Å²) in [7, 11) is -4.47. The standard InChI is InChI=1S/C12H12F4N2O3S/c13-9-3-1-7(12(14,15)16)5-10(9)22(20,21)18-8-2-4-11(19)17-6-8/h1,3,5,8,18H,2,4,6H2,(H,17,19). The Kier molecular flexibility index (Phi) is 4.43. The number of benzene rings is 1. The number of piperidine rings is 1. The summed E-state index contributed by atoms with van der Waals surface area (Å²) in [5.74, 6) is -1.53. The summed E-state index contributed by atoms with van der Waals surface area (Å²) in [6, 6.07) is 0.477. The van der Waals surface area contributed by atoms with Crippen molar-refractivity contribution in [3.8, 4) is 0 Å². The van der Waals surface area contributed by atoms with Gasteiger partial charge >= 0.3 is 6.18 Å². The molecule has 1 atom stereocenters. The van der Waals surface area contributed by atoms with Crippen LogP contribution in [0.4, 0.5) is 17.6 Å². The number of rotatable bonds is 3. The first-order valence-electron chi connectivity index (χ1n) is 6.25. The predicted molar refractivity (Wildman–Crippen MR) is 67.8 cm³/mol. The fraction of sp³-hybridized carbons (Fsp3) is 0.417. The van der Waals surface area contributed by atoms with Crippen LogP contribution >= 0.6 is 0 Å². The van der Waals surface area contributed by atoms with Gasteiger partial charge in [-0.3, -0.25) is 4.79 Å². The van der Waals surface area contributed by atoms with E-state index in [1.165, 1.54) is 0 Å². The summed E-state index contributed by atoms with van der Waals surface area (Å²) in [6.45, 7) is -0.00135. The van der Waals surface area contributed by atoms with Crippen LogP contribution in [0.3, 0.4) is 0 Å². The van der Waals surface area contributed by atoms with Gasteiger partial charge in [0.15, 0.2) is 0 Å². The van der Waals surface area contributed by atoms with Crippen LogP contribution in [0.25, 0.3) is 0 Å². The lowest BCUT2D eigenvalue weighted by molar-refractivity contribution is -0.137. The van der Waals surface area contributed by atoms with Crippen molar-refractivity contribution in [3.05, 3.63) is 29.6 Å². The average molecular weight is 340 g/mol. The molecule has 1 amide bonds. The Morgan fingerprint density at radius 3 is 2.50 bits per heavy atom. The number of halogens is 4. The molecule has 0 spiro atoms. The summed E-state index contributed by atoms with van der Waals surface area (Å²) in [6.07, 6.45) is -4.51. The lowest BCUT2D eigenvalue weighted by atomic mass is 10.1. The molecule has 1 unspecified atom stereocenters. The Bertz CT molecular complexity index is 678. The zero-order valence-electron chi connectivity index (χ0n) is 11.1. The number of hydrogen-bond donors (Lipinski definition) is 2. The molecule has 0 saturated carbocycles. The van der Waals surface area contributed by atoms with E-state index >= 15 is 0 Å². The first-order valence-corrected chi connectivity index (χ1v) is 7.74. The van der Waals surface area contributed by atoms with Crippen molar-refractivity contribution in [2.75, 3.05) is 6.54 Å². The van der Waals surface area contributed by atoms with E-state index in [-0.39, 0.29) is 31.4 Å². The van der Waals surface area contributed by atoms with Crippen LogP contribution in [0.1, 0.15) is 18.4 Å². The van der Waals surface area contributed by atoms with Gasteiger partial charge in [0.05, 0.1) is 5.56 Å². The van der Waals surface area contributed by atoms with E-state index in [0.717, 1.165) is 0 Å². The number of hydrogen-bond acceptors (Lipinski definition) is 3. The SMILES string of the molecule is O=C1CCC(NS(=O)(=O)c2cc(C(F)(F)F)ccc2F)CN1. The maximum atomic E-state index is 13.6. The second-order valence-electron chi connectivity index (χ2n) is 4.80. The molecule has 5 nitrogen and oxygen atoms in total. The molecule has 1 fully saturated rings. The van der Waals surface area contributed by atoms with E-state index in [2.05, 4.69) is 10.0 Å². The minimum atomic E-state index is -4.78. The zero-order chi connectivity index (χ0) is 16.5. The Morgan fingerprint density at radius 2 is 1.95 bits per heavy atom. The van der Waals surface area contributed by atoms with Crippen molar-refractivity contribution < 1.29 is 30.8 Å². The van der Waals surface area contributed by atoms with E-state index < -0.39 is 38.5 Å². The number of carbonyl (C=O) groups is 1. The van der Waals surface area contributed by atoms with E-state index in [1.54, 1.807) is 0 Å². The molecule has 0 aromatic heterocycles. The van der Waals surface area contributed by atoms with Crippen molar-refractivity contribution in [3.63, 3.8) is 0 Å². The smallest absolute Gasteiger partial charge is 0.355 e. The Morgan fingerprint density at radius 1 is 1.27 bits per heavy atom. The van der Waals surface area contributed by atoms with E-state index in [9.17, 15) is 30.8 Å². The highest BCUT2D eigenvalue weighted by molar-refractivity contribution is 7.89. The highest BCUT2D eigenvalue weighted by Crippen LogP contribution is 2.31. The molecule has 1 aromatic rings. The van der Waals surface area contributed by atoms with Crippen LogP contribution in [-0.2, 0) is 21.0 Å². The fourth-order valence-electron chi connectivity index (χ4n) is 2.00.